The molecule has 0 spiro atoms. The van der Waals surface area contributed by atoms with Crippen molar-refractivity contribution in [2.75, 3.05) is 25.5 Å². The molecule has 1 atom stereocenters. The number of methoxy groups -OCH3 is 1. The number of amides is 1. The average Bonchev–Trinajstić information content (AvgIpc) is 2.77. The van der Waals surface area contributed by atoms with Crippen LogP contribution in [0.3, 0.4) is 0 Å². The summed E-state index contributed by atoms with van der Waals surface area (Å²) in [5.74, 6) is -1.65. The van der Waals surface area contributed by atoms with Gasteiger partial charge in [0.2, 0.25) is 5.91 Å². The Labute approximate surface area is 198 Å². The molecule has 0 saturated heterocycles. The molecule has 172 valence electrons. The highest BCUT2D eigenvalue weighted by Crippen LogP contribution is 2.37. The number of hydrogen-bond acceptors (Lipinski definition) is 5. The molecule has 0 bridgehead atoms. The lowest BCUT2D eigenvalue weighted by Gasteiger charge is -2.36. The minimum Gasteiger partial charge on any atom is -0.465 e. The minimum absolute atomic E-state index is 0.00170. The van der Waals surface area contributed by atoms with Crippen LogP contribution in [0.1, 0.15) is 34.5 Å². The molecule has 1 amide bonds. The first kappa shape index (κ1) is 23.1. The number of esters is 1. The third kappa shape index (κ3) is 4.28. The average molecular weight is 492 g/mol. The van der Waals surface area contributed by atoms with E-state index in [1.807, 2.05) is 13.0 Å². The van der Waals surface area contributed by atoms with Crippen LogP contribution < -0.4 is 10.9 Å². The van der Waals surface area contributed by atoms with Gasteiger partial charge in [-0.05, 0) is 48.7 Å². The second-order valence-electron chi connectivity index (χ2n) is 7.73. The van der Waals surface area contributed by atoms with Gasteiger partial charge < -0.3 is 19.9 Å². The van der Waals surface area contributed by atoms with Gasteiger partial charge in [-0.3, -0.25) is 9.59 Å². The molecular formula is C23H20Cl2FN3O4. The van der Waals surface area contributed by atoms with Gasteiger partial charge in [0, 0.05) is 28.2 Å². The van der Waals surface area contributed by atoms with E-state index in [0.717, 1.165) is 17.2 Å². The van der Waals surface area contributed by atoms with E-state index in [4.69, 9.17) is 27.9 Å². The molecule has 0 unspecified atom stereocenters. The molecule has 4 rings (SSSR count). The lowest BCUT2D eigenvalue weighted by atomic mass is 9.93. The van der Waals surface area contributed by atoms with Crippen molar-refractivity contribution in [1.82, 2.24) is 9.88 Å². The Kier molecular flexibility index (Phi) is 6.32. The van der Waals surface area contributed by atoms with E-state index in [-0.39, 0.29) is 40.5 Å². The zero-order valence-corrected chi connectivity index (χ0v) is 19.3. The first-order valence-electron chi connectivity index (χ1n) is 10.2. The first-order valence-corrected chi connectivity index (χ1v) is 10.9. The fourth-order valence-corrected chi connectivity index (χ4v) is 4.90. The van der Waals surface area contributed by atoms with Crippen LogP contribution in [0, 0.1) is 5.82 Å². The lowest BCUT2D eigenvalue weighted by molar-refractivity contribution is -0.131. The Morgan fingerprint density at radius 2 is 2.00 bits per heavy atom. The molecule has 0 fully saturated rings. The lowest BCUT2D eigenvalue weighted by Crippen LogP contribution is -2.42. The smallest absolute Gasteiger partial charge is 0.339 e. The fourth-order valence-electron chi connectivity index (χ4n) is 4.21. The molecule has 10 heteroatoms. The number of nitrogens with one attached hydrogen (secondary N) is 2. The Hall–Kier alpha value is -3.10. The number of benzene rings is 2. The van der Waals surface area contributed by atoms with Crippen LogP contribution in [0.4, 0.5) is 10.1 Å². The molecular weight excluding hydrogens is 472 g/mol. The highest BCUT2D eigenvalue weighted by atomic mass is 35.5. The third-order valence-electron chi connectivity index (χ3n) is 5.83. The number of carbonyl (C=O) groups excluding carboxylic acids is 2. The maximum Gasteiger partial charge on any atom is 0.339 e. The Balaban J connectivity index is 1.58. The van der Waals surface area contributed by atoms with Crippen LogP contribution in [-0.2, 0) is 16.0 Å². The second-order valence-corrected chi connectivity index (χ2v) is 8.57. The molecule has 0 aliphatic carbocycles. The number of aromatic amines is 1. The topological polar surface area (TPSA) is 91.5 Å². The fraction of sp³-hybridized carbons (Fsp3) is 0.261. The van der Waals surface area contributed by atoms with Gasteiger partial charge in [-0.25, -0.2) is 9.18 Å². The maximum absolute atomic E-state index is 14.7. The van der Waals surface area contributed by atoms with E-state index >= 15 is 0 Å². The van der Waals surface area contributed by atoms with Crippen molar-refractivity contribution < 1.29 is 18.7 Å². The number of carbonyl (C=O) groups is 2. The Morgan fingerprint density at radius 1 is 1.24 bits per heavy atom. The number of ether oxygens (including phenoxy) is 1. The van der Waals surface area contributed by atoms with Crippen LogP contribution in [0.2, 0.25) is 10.0 Å². The predicted molar refractivity (Wildman–Crippen MR) is 125 cm³/mol. The van der Waals surface area contributed by atoms with Gasteiger partial charge in [0.25, 0.3) is 5.56 Å². The normalized spacial score (nSPS) is 15.3. The number of H-pyrrole nitrogens is 1. The van der Waals surface area contributed by atoms with Crippen LogP contribution in [-0.4, -0.2) is 42.0 Å². The molecule has 3 aromatic rings. The largest absolute Gasteiger partial charge is 0.465 e. The van der Waals surface area contributed by atoms with E-state index < -0.39 is 17.3 Å². The van der Waals surface area contributed by atoms with Gasteiger partial charge in [0.1, 0.15) is 5.82 Å². The van der Waals surface area contributed by atoms with Gasteiger partial charge in [-0.1, -0.05) is 23.2 Å². The summed E-state index contributed by atoms with van der Waals surface area (Å²) in [6.45, 7) is 2.15. The molecule has 0 saturated carbocycles. The maximum atomic E-state index is 14.7. The highest BCUT2D eigenvalue weighted by Gasteiger charge is 2.29. The molecule has 2 N–H and O–H groups in total. The van der Waals surface area contributed by atoms with Crippen LogP contribution in [0.5, 0.6) is 0 Å². The number of anilines is 1. The van der Waals surface area contributed by atoms with E-state index in [9.17, 15) is 18.8 Å². The molecule has 0 radical (unpaired) electrons. The number of rotatable bonds is 4. The minimum atomic E-state index is -0.724. The summed E-state index contributed by atoms with van der Waals surface area (Å²) >= 11 is 12.5. The number of halogens is 3. The zero-order chi connectivity index (χ0) is 23.9. The van der Waals surface area contributed by atoms with Crippen molar-refractivity contribution in [3.63, 3.8) is 0 Å². The Morgan fingerprint density at radius 3 is 2.73 bits per heavy atom. The molecule has 1 aliphatic rings. The number of pyridine rings is 1. The second kappa shape index (κ2) is 9.03. The molecule has 2 aromatic carbocycles. The predicted octanol–water partition coefficient (Wildman–Crippen LogP) is 4.32. The third-order valence-corrected chi connectivity index (χ3v) is 6.36. The van der Waals surface area contributed by atoms with E-state index in [0.29, 0.717) is 23.0 Å². The standard InChI is InChI=1S/C23H20Cl2FN3O4/c1-11-21-12(5-13(24)6-17(21)25)3-4-29(11)20(30)10-27-19-8-14-15(7-18(19)26)22(31)28-9-16(14)23(32)33-2/h5-9,11,27H,3-4,10H2,1-2H3,(H,28,31)/t11-/m0/s1. The summed E-state index contributed by atoms with van der Waals surface area (Å²) in [6.07, 6.45) is 1.81. The van der Waals surface area contributed by atoms with Gasteiger partial charge in [0.15, 0.2) is 0 Å². The molecule has 2 heterocycles. The van der Waals surface area contributed by atoms with Gasteiger partial charge >= 0.3 is 5.97 Å². The Bertz CT molecular complexity index is 1340. The van der Waals surface area contributed by atoms with Crippen LogP contribution in [0.15, 0.2) is 35.3 Å². The van der Waals surface area contributed by atoms with E-state index in [2.05, 4.69) is 10.3 Å². The SMILES string of the molecule is COC(=O)c1c[nH]c(=O)c2cc(F)c(NCC(=O)N3CCc4cc(Cl)cc(Cl)c4[C@@H]3C)cc12. The van der Waals surface area contributed by atoms with Crippen molar-refractivity contribution in [3.05, 3.63) is 73.4 Å². The first-order chi connectivity index (χ1) is 15.7. The van der Waals surface area contributed by atoms with Crippen LogP contribution in [0.25, 0.3) is 10.8 Å². The zero-order valence-electron chi connectivity index (χ0n) is 17.8. The molecule has 33 heavy (non-hydrogen) atoms. The number of aromatic nitrogens is 1. The van der Waals surface area contributed by atoms with Crippen molar-refractivity contribution >= 4 is 51.5 Å². The highest BCUT2D eigenvalue weighted by molar-refractivity contribution is 6.35. The summed E-state index contributed by atoms with van der Waals surface area (Å²) < 4.78 is 19.4. The summed E-state index contributed by atoms with van der Waals surface area (Å²) in [4.78, 5) is 41.2. The number of fused-ring (bicyclic) bond motifs is 2. The van der Waals surface area contributed by atoms with Crippen molar-refractivity contribution in [2.45, 2.75) is 19.4 Å². The van der Waals surface area contributed by atoms with Gasteiger partial charge in [-0.15, -0.1) is 0 Å². The van der Waals surface area contributed by atoms with Gasteiger partial charge in [0.05, 0.1) is 36.3 Å². The van der Waals surface area contributed by atoms with Crippen molar-refractivity contribution in [2.24, 2.45) is 0 Å². The summed E-state index contributed by atoms with van der Waals surface area (Å²) in [5, 5.41) is 4.05. The van der Waals surface area contributed by atoms with Crippen molar-refractivity contribution in [1.29, 1.82) is 0 Å². The molecule has 1 aliphatic heterocycles. The quantitative estimate of drug-likeness (QED) is 0.530. The van der Waals surface area contributed by atoms with E-state index in [1.54, 1.807) is 11.0 Å². The van der Waals surface area contributed by atoms with Crippen molar-refractivity contribution in [3.8, 4) is 0 Å². The summed E-state index contributed by atoms with van der Waals surface area (Å²) in [7, 11) is 1.21. The summed E-state index contributed by atoms with van der Waals surface area (Å²) in [6, 6.07) is 5.57. The van der Waals surface area contributed by atoms with Crippen LogP contribution >= 0.6 is 23.2 Å². The van der Waals surface area contributed by atoms with E-state index in [1.165, 1.54) is 19.4 Å². The number of nitrogens with zero attached hydrogens (tertiary/aromatic N) is 1. The summed E-state index contributed by atoms with van der Waals surface area (Å²) in [5.41, 5.74) is 1.37. The molecule has 1 aromatic heterocycles. The monoisotopic (exact) mass is 491 g/mol. The number of hydrogen-bond donors (Lipinski definition) is 2. The molecule has 7 nitrogen and oxygen atoms in total. The van der Waals surface area contributed by atoms with Gasteiger partial charge in [-0.2, -0.15) is 0 Å².